The molecule has 6 nitrogen and oxygen atoms in total. The Morgan fingerprint density at radius 3 is 3.00 bits per heavy atom. The van der Waals surface area contributed by atoms with Gasteiger partial charge in [-0.15, -0.1) is 0 Å². The van der Waals surface area contributed by atoms with Gasteiger partial charge >= 0.3 is 0 Å². The van der Waals surface area contributed by atoms with Gasteiger partial charge in [-0.2, -0.15) is 10.2 Å². The Balaban J connectivity index is 1.98. The van der Waals surface area contributed by atoms with Gasteiger partial charge in [-0.1, -0.05) is 5.16 Å². The van der Waals surface area contributed by atoms with Gasteiger partial charge in [-0.25, -0.2) is 0 Å². The van der Waals surface area contributed by atoms with Gasteiger partial charge in [-0.05, 0) is 18.2 Å². The van der Waals surface area contributed by atoms with E-state index in [1.54, 1.807) is 18.5 Å². The first-order valence-corrected chi connectivity index (χ1v) is 4.93. The molecule has 0 saturated heterocycles. The lowest BCUT2D eigenvalue weighted by atomic mass is 10.3. The highest BCUT2D eigenvalue weighted by molar-refractivity contribution is 5.58. The van der Waals surface area contributed by atoms with Crippen molar-refractivity contribution in [2.75, 3.05) is 0 Å². The Labute approximate surface area is 95.9 Å². The number of hydrogen-bond donors (Lipinski definition) is 2. The molecular formula is C11H7N5O. The monoisotopic (exact) mass is 225 g/mol. The highest BCUT2D eigenvalue weighted by Crippen LogP contribution is 2.21. The summed E-state index contributed by atoms with van der Waals surface area (Å²) in [6.07, 6.45) is 3.44. The first-order valence-electron chi connectivity index (χ1n) is 4.93. The smallest absolute Gasteiger partial charge is 0.259 e. The lowest BCUT2D eigenvalue weighted by molar-refractivity contribution is 0.432. The maximum atomic E-state index is 8.70. The van der Waals surface area contributed by atoms with E-state index in [-0.39, 0.29) is 0 Å². The largest absolute Gasteiger partial charge is 0.359 e. The molecule has 82 valence electrons. The minimum Gasteiger partial charge on any atom is -0.359 e. The molecule has 17 heavy (non-hydrogen) atoms. The third-order valence-electron chi connectivity index (χ3n) is 2.32. The van der Waals surface area contributed by atoms with Gasteiger partial charge < -0.3 is 14.5 Å². The van der Waals surface area contributed by atoms with Crippen LogP contribution in [0.5, 0.6) is 0 Å². The van der Waals surface area contributed by atoms with Crippen LogP contribution in [0.2, 0.25) is 0 Å². The summed E-state index contributed by atoms with van der Waals surface area (Å²) in [5.41, 5.74) is 1.95. The second-order valence-corrected chi connectivity index (χ2v) is 3.42. The van der Waals surface area contributed by atoms with Crippen LogP contribution in [0.25, 0.3) is 23.0 Å². The van der Waals surface area contributed by atoms with E-state index in [1.807, 2.05) is 18.2 Å². The fraction of sp³-hybridized carbons (Fsp3) is 0. The first kappa shape index (κ1) is 9.42. The Morgan fingerprint density at radius 1 is 1.35 bits per heavy atom. The van der Waals surface area contributed by atoms with Gasteiger partial charge in [-0.3, -0.25) is 0 Å². The summed E-state index contributed by atoms with van der Waals surface area (Å²) in [6, 6.07) is 7.37. The van der Waals surface area contributed by atoms with E-state index in [0.29, 0.717) is 23.0 Å². The molecule has 2 N–H and O–H groups in total. The second kappa shape index (κ2) is 3.64. The maximum Gasteiger partial charge on any atom is 0.259 e. The molecule has 6 heteroatoms. The number of nitrogens with one attached hydrogen (secondary N) is 2. The number of nitriles is 1. The molecule has 0 bridgehead atoms. The third-order valence-corrected chi connectivity index (χ3v) is 2.32. The van der Waals surface area contributed by atoms with Crippen LogP contribution in [-0.2, 0) is 0 Å². The molecule has 3 aromatic heterocycles. The normalized spacial score (nSPS) is 10.3. The number of aromatic nitrogens is 4. The fourth-order valence-corrected chi connectivity index (χ4v) is 1.50. The van der Waals surface area contributed by atoms with Crippen LogP contribution in [0.15, 0.2) is 35.1 Å². The summed E-state index contributed by atoms with van der Waals surface area (Å²) in [5.74, 6) is 0.872. The number of rotatable bonds is 2. The van der Waals surface area contributed by atoms with Gasteiger partial charge in [0, 0.05) is 12.4 Å². The topological polar surface area (TPSA) is 94.3 Å². The Hall–Kier alpha value is -2.81. The van der Waals surface area contributed by atoms with Crippen LogP contribution in [0, 0.1) is 11.3 Å². The van der Waals surface area contributed by atoms with Gasteiger partial charge in [0.1, 0.15) is 11.8 Å². The highest BCUT2D eigenvalue weighted by Gasteiger charge is 2.12. The molecule has 0 fully saturated rings. The van der Waals surface area contributed by atoms with Crippen molar-refractivity contribution in [2.45, 2.75) is 0 Å². The molecule has 0 aromatic carbocycles. The number of nitrogens with zero attached hydrogens (tertiary/aromatic N) is 3. The third kappa shape index (κ3) is 1.59. The van der Waals surface area contributed by atoms with E-state index < -0.39 is 0 Å². The summed E-state index contributed by atoms with van der Waals surface area (Å²) in [6.45, 7) is 0. The zero-order valence-electron chi connectivity index (χ0n) is 8.64. The predicted octanol–water partition coefficient (Wildman–Crippen LogP) is 1.93. The Bertz CT molecular complexity index is 671. The van der Waals surface area contributed by atoms with Crippen molar-refractivity contribution < 1.29 is 4.52 Å². The van der Waals surface area contributed by atoms with Crippen LogP contribution in [0.4, 0.5) is 0 Å². The van der Waals surface area contributed by atoms with E-state index >= 15 is 0 Å². The Kier molecular flexibility index (Phi) is 2.02. The lowest BCUT2D eigenvalue weighted by Crippen LogP contribution is -1.79. The minimum absolute atomic E-state index is 0.382. The molecule has 0 unspecified atom stereocenters. The summed E-state index contributed by atoms with van der Waals surface area (Å²) in [5, 5.41) is 12.6. The van der Waals surface area contributed by atoms with Crippen molar-refractivity contribution >= 4 is 0 Å². The van der Waals surface area contributed by atoms with E-state index in [9.17, 15) is 0 Å². The predicted molar refractivity (Wildman–Crippen MR) is 58.6 cm³/mol. The van der Waals surface area contributed by atoms with Crippen LogP contribution in [0.1, 0.15) is 5.69 Å². The minimum atomic E-state index is 0.382. The summed E-state index contributed by atoms with van der Waals surface area (Å²) in [4.78, 5) is 10.0. The molecule has 3 rings (SSSR count). The van der Waals surface area contributed by atoms with Crippen molar-refractivity contribution in [2.24, 2.45) is 0 Å². The lowest BCUT2D eigenvalue weighted by Gasteiger charge is -1.84. The quantitative estimate of drug-likeness (QED) is 0.696. The maximum absolute atomic E-state index is 8.70. The van der Waals surface area contributed by atoms with E-state index in [1.165, 1.54) is 0 Å². The van der Waals surface area contributed by atoms with E-state index in [2.05, 4.69) is 20.1 Å². The van der Waals surface area contributed by atoms with Crippen LogP contribution >= 0.6 is 0 Å². The highest BCUT2D eigenvalue weighted by atomic mass is 16.5. The number of H-pyrrole nitrogens is 2. The molecule has 0 saturated carbocycles. The molecule has 0 aliphatic heterocycles. The number of hydrogen-bond acceptors (Lipinski definition) is 4. The van der Waals surface area contributed by atoms with Gasteiger partial charge in [0.2, 0.25) is 5.82 Å². The van der Waals surface area contributed by atoms with Gasteiger partial charge in [0.15, 0.2) is 0 Å². The molecule has 3 aromatic rings. The van der Waals surface area contributed by atoms with Crippen LogP contribution < -0.4 is 0 Å². The van der Waals surface area contributed by atoms with Crippen molar-refractivity contribution in [1.29, 1.82) is 5.26 Å². The SMILES string of the molecule is N#Cc1cc(-c2nc(-c3ccc[nH]3)no2)c[nH]1. The van der Waals surface area contributed by atoms with Crippen molar-refractivity contribution in [3.63, 3.8) is 0 Å². The van der Waals surface area contributed by atoms with E-state index in [4.69, 9.17) is 9.78 Å². The zero-order chi connectivity index (χ0) is 11.7. The number of aromatic amines is 2. The molecule has 0 spiro atoms. The first-order chi connectivity index (χ1) is 8.36. The van der Waals surface area contributed by atoms with Crippen molar-refractivity contribution in [3.8, 4) is 29.0 Å². The fourth-order valence-electron chi connectivity index (χ4n) is 1.50. The average molecular weight is 225 g/mol. The molecule has 0 atom stereocenters. The van der Waals surface area contributed by atoms with Crippen molar-refractivity contribution in [1.82, 2.24) is 20.1 Å². The molecule has 0 aliphatic carbocycles. The van der Waals surface area contributed by atoms with E-state index in [0.717, 1.165) is 5.69 Å². The Morgan fingerprint density at radius 2 is 2.29 bits per heavy atom. The second-order valence-electron chi connectivity index (χ2n) is 3.42. The van der Waals surface area contributed by atoms with Gasteiger partial charge in [0.25, 0.3) is 5.89 Å². The average Bonchev–Trinajstić information content (AvgIpc) is 3.09. The molecule has 0 amide bonds. The molecule has 0 aliphatic rings. The summed E-state index contributed by atoms with van der Waals surface area (Å²) < 4.78 is 5.12. The molecule has 3 heterocycles. The molecular weight excluding hydrogens is 218 g/mol. The van der Waals surface area contributed by atoms with Crippen molar-refractivity contribution in [3.05, 3.63) is 36.3 Å². The molecule has 0 radical (unpaired) electrons. The van der Waals surface area contributed by atoms with Gasteiger partial charge in [0.05, 0.1) is 11.3 Å². The van der Waals surface area contributed by atoms with Crippen LogP contribution in [0.3, 0.4) is 0 Å². The zero-order valence-corrected chi connectivity index (χ0v) is 8.64. The van der Waals surface area contributed by atoms with Crippen LogP contribution in [-0.4, -0.2) is 20.1 Å². The summed E-state index contributed by atoms with van der Waals surface area (Å²) in [7, 11) is 0. The summed E-state index contributed by atoms with van der Waals surface area (Å²) >= 11 is 0. The standard InChI is InChI=1S/C11H7N5O/c12-5-8-4-7(6-14-8)11-15-10(16-17-11)9-2-1-3-13-9/h1-4,6,13-14H.